The van der Waals surface area contributed by atoms with Gasteiger partial charge in [0.25, 0.3) is 0 Å². The third kappa shape index (κ3) is 1.76. The number of hydrogen-bond donors (Lipinski definition) is 0. The van der Waals surface area contributed by atoms with Gasteiger partial charge < -0.3 is 9.47 Å². The number of fused-ring (bicyclic) bond motifs is 1. The van der Waals surface area contributed by atoms with Crippen molar-refractivity contribution >= 4 is 11.9 Å². The SMILES string of the molecule is C=CC(=O)OC12CCCCC1OC(=O)C2. The van der Waals surface area contributed by atoms with Crippen molar-refractivity contribution in [2.75, 3.05) is 0 Å². The van der Waals surface area contributed by atoms with E-state index in [0.29, 0.717) is 6.42 Å². The van der Waals surface area contributed by atoms with Crippen LogP contribution in [0.4, 0.5) is 0 Å². The molecule has 1 aliphatic heterocycles. The Labute approximate surface area is 88.2 Å². The number of esters is 2. The Bertz CT molecular complexity index is 310. The van der Waals surface area contributed by atoms with Gasteiger partial charge in [0.15, 0.2) is 5.60 Å². The number of ether oxygens (including phenoxy) is 2. The van der Waals surface area contributed by atoms with E-state index in [2.05, 4.69) is 6.58 Å². The summed E-state index contributed by atoms with van der Waals surface area (Å²) in [6, 6.07) is 0. The maximum Gasteiger partial charge on any atom is 0.330 e. The molecule has 2 aliphatic rings. The lowest BCUT2D eigenvalue weighted by atomic mass is 9.81. The van der Waals surface area contributed by atoms with Crippen LogP contribution in [0.3, 0.4) is 0 Å². The van der Waals surface area contributed by atoms with Crippen LogP contribution >= 0.6 is 0 Å². The first-order valence-corrected chi connectivity index (χ1v) is 5.21. The number of carbonyl (C=O) groups excluding carboxylic acids is 2. The summed E-state index contributed by atoms with van der Waals surface area (Å²) in [6.45, 7) is 3.36. The Balaban J connectivity index is 2.17. The van der Waals surface area contributed by atoms with Gasteiger partial charge in [0.1, 0.15) is 6.10 Å². The third-order valence-electron chi connectivity index (χ3n) is 3.09. The lowest BCUT2D eigenvalue weighted by molar-refractivity contribution is -0.165. The van der Waals surface area contributed by atoms with E-state index < -0.39 is 11.6 Å². The van der Waals surface area contributed by atoms with Crippen LogP contribution in [0.25, 0.3) is 0 Å². The van der Waals surface area contributed by atoms with Crippen molar-refractivity contribution in [1.82, 2.24) is 0 Å². The van der Waals surface area contributed by atoms with Crippen LogP contribution in [-0.2, 0) is 19.1 Å². The van der Waals surface area contributed by atoms with E-state index in [9.17, 15) is 9.59 Å². The minimum absolute atomic E-state index is 0.192. The highest BCUT2D eigenvalue weighted by Gasteiger charge is 2.53. The largest absolute Gasteiger partial charge is 0.458 e. The zero-order valence-corrected chi connectivity index (χ0v) is 8.53. The summed E-state index contributed by atoms with van der Waals surface area (Å²) >= 11 is 0. The molecular formula is C11H14O4. The second kappa shape index (κ2) is 3.68. The van der Waals surface area contributed by atoms with Gasteiger partial charge in [-0.2, -0.15) is 0 Å². The molecule has 0 aromatic heterocycles. The van der Waals surface area contributed by atoms with Crippen LogP contribution in [0.5, 0.6) is 0 Å². The quantitative estimate of drug-likeness (QED) is 0.510. The average Bonchev–Trinajstić information content (AvgIpc) is 2.53. The molecule has 2 unspecified atom stereocenters. The van der Waals surface area contributed by atoms with Gasteiger partial charge in [-0.3, -0.25) is 4.79 Å². The lowest BCUT2D eigenvalue weighted by Crippen LogP contribution is -2.44. The molecule has 0 N–H and O–H groups in total. The minimum Gasteiger partial charge on any atom is -0.458 e. The zero-order chi connectivity index (χ0) is 10.9. The molecule has 4 heteroatoms. The predicted octanol–water partition coefficient (Wildman–Crippen LogP) is 1.34. The van der Waals surface area contributed by atoms with Crippen molar-refractivity contribution in [2.45, 2.75) is 43.8 Å². The maximum atomic E-state index is 11.2. The summed E-state index contributed by atoms with van der Waals surface area (Å²) in [6.07, 6.45) is 4.56. The second-order valence-corrected chi connectivity index (χ2v) is 4.09. The van der Waals surface area contributed by atoms with Crippen LogP contribution in [-0.4, -0.2) is 23.6 Å². The highest BCUT2D eigenvalue weighted by Crippen LogP contribution is 2.41. The molecule has 0 spiro atoms. The van der Waals surface area contributed by atoms with Gasteiger partial charge in [0.05, 0.1) is 6.42 Å². The van der Waals surface area contributed by atoms with Crippen molar-refractivity contribution in [1.29, 1.82) is 0 Å². The predicted molar refractivity (Wildman–Crippen MR) is 52.0 cm³/mol. The summed E-state index contributed by atoms with van der Waals surface area (Å²) in [4.78, 5) is 22.5. The smallest absolute Gasteiger partial charge is 0.330 e. The molecule has 1 heterocycles. The second-order valence-electron chi connectivity index (χ2n) is 4.09. The van der Waals surface area contributed by atoms with E-state index in [1.54, 1.807) is 0 Å². The molecule has 82 valence electrons. The fourth-order valence-electron chi connectivity index (χ4n) is 2.39. The molecule has 1 aliphatic carbocycles. The average molecular weight is 210 g/mol. The molecule has 2 fully saturated rings. The fraction of sp³-hybridized carbons (Fsp3) is 0.636. The topological polar surface area (TPSA) is 52.6 Å². The van der Waals surface area contributed by atoms with E-state index in [0.717, 1.165) is 25.3 Å². The molecule has 0 amide bonds. The molecule has 15 heavy (non-hydrogen) atoms. The molecule has 4 nitrogen and oxygen atoms in total. The van der Waals surface area contributed by atoms with E-state index in [1.807, 2.05) is 0 Å². The minimum atomic E-state index is -0.708. The maximum absolute atomic E-state index is 11.2. The highest BCUT2D eigenvalue weighted by molar-refractivity contribution is 5.83. The highest BCUT2D eigenvalue weighted by atomic mass is 16.6. The van der Waals surface area contributed by atoms with Gasteiger partial charge in [0, 0.05) is 6.08 Å². The molecule has 0 radical (unpaired) electrons. The van der Waals surface area contributed by atoms with Crippen molar-refractivity contribution < 1.29 is 19.1 Å². The van der Waals surface area contributed by atoms with Crippen molar-refractivity contribution in [2.24, 2.45) is 0 Å². The number of carbonyl (C=O) groups is 2. The number of hydrogen-bond acceptors (Lipinski definition) is 4. The van der Waals surface area contributed by atoms with Crippen LogP contribution in [0.1, 0.15) is 32.1 Å². The molecule has 2 atom stereocenters. The van der Waals surface area contributed by atoms with Crippen LogP contribution in [0, 0.1) is 0 Å². The first kappa shape index (κ1) is 10.2. The van der Waals surface area contributed by atoms with E-state index in [-0.39, 0.29) is 18.5 Å². The monoisotopic (exact) mass is 210 g/mol. The summed E-state index contributed by atoms with van der Waals surface area (Å²) in [5, 5.41) is 0. The summed E-state index contributed by atoms with van der Waals surface area (Å²) in [5.41, 5.74) is -0.708. The lowest BCUT2D eigenvalue weighted by Gasteiger charge is -2.35. The third-order valence-corrected chi connectivity index (χ3v) is 3.09. The van der Waals surface area contributed by atoms with Gasteiger partial charge in [-0.1, -0.05) is 6.58 Å². The Hall–Kier alpha value is -1.32. The standard InChI is InChI=1S/C11H14O4/c1-2-9(12)15-11-6-4-3-5-8(11)14-10(13)7-11/h2,8H,1,3-7H2. The van der Waals surface area contributed by atoms with Crippen LogP contribution < -0.4 is 0 Å². The van der Waals surface area contributed by atoms with E-state index in [4.69, 9.17) is 9.47 Å². The molecular weight excluding hydrogens is 196 g/mol. The summed E-state index contributed by atoms with van der Waals surface area (Å²) < 4.78 is 10.5. The van der Waals surface area contributed by atoms with Gasteiger partial charge in [0.2, 0.25) is 0 Å². The molecule has 0 bridgehead atoms. The van der Waals surface area contributed by atoms with Crippen molar-refractivity contribution in [3.63, 3.8) is 0 Å². The summed E-state index contributed by atoms with van der Waals surface area (Å²) in [5.74, 6) is -0.737. The Kier molecular flexibility index (Phi) is 2.50. The Morgan fingerprint density at radius 1 is 1.60 bits per heavy atom. The molecule has 1 saturated carbocycles. The van der Waals surface area contributed by atoms with E-state index in [1.165, 1.54) is 0 Å². The molecule has 1 saturated heterocycles. The van der Waals surface area contributed by atoms with Crippen LogP contribution in [0.15, 0.2) is 12.7 Å². The van der Waals surface area contributed by atoms with Gasteiger partial charge >= 0.3 is 11.9 Å². The molecule has 0 aromatic rings. The van der Waals surface area contributed by atoms with Crippen molar-refractivity contribution in [3.05, 3.63) is 12.7 Å². The van der Waals surface area contributed by atoms with E-state index >= 15 is 0 Å². The summed E-state index contributed by atoms with van der Waals surface area (Å²) in [7, 11) is 0. The van der Waals surface area contributed by atoms with Gasteiger partial charge in [-0.15, -0.1) is 0 Å². The number of rotatable bonds is 2. The van der Waals surface area contributed by atoms with Crippen molar-refractivity contribution in [3.8, 4) is 0 Å². The van der Waals surface area contributed by atoms with Crippen LogP contribution in [0.2, 0.25) is 0 Å². The zero-order valence-electron chi connectivity index (χ0n) is 8.53. The first-order valence-electron chi connectivity index (χ1n) is 5.21. The van der Waals surface area contributed by atoms with Gasteiger partial charge in [-0.25, -0.2) is 4.79 Å². The Morgan fingerprint density at radius 2 is 2.40 bits per heavy atom. The Morgan fingerprint density at radius 3 is 3.13 bits per heavy atom. The first-order chi connectivity index (χ1) is 7.16. The normalized spacial score (nSPS) is 34.1. The fourth-order valence-corrected chi connectivity index (χ4v) is 2.39. The molecule has 2 rings (SSSR count). The molecule has 0 aromatic carbocycles. The van der Waals surface area contributed by atoms with Gasteiger partial charge in [-0.05, 0) is 25.7 Å².